The Kier molecular flexibility index (Phi) is 4.71. The van der Waals surface area contributed by atoms with E-state index in [1.54, 1.807) is 12.2 Å². The van der Waals surface area contributed by atoms with Gasteiger partial charge in [-0.05, 0) is 26.8 Å². The number of hydrogen-bond acceptors (Lipinski definition) is 4. The van der Waals surface area contributed by atoms with Gasteiger partial charge < -0.3 is 9.64 Å². The van der Waals surface area contributed by atoms with Crippen molar-refractivity contribution in [3.8, 4) is 5.88 Å². The zero-order chi connectivity index (χ0) is 14.5. The molecule has 0 aromatic carbocycles. The molecule has 0 aliphatic carbocycles. The fraction of sp³-hybridized carbons (Fsp3) is 0.533. The molecule has 0 N–H and O–H groups in total. The number of aryl methyl sites for hydroxylation is 2. The third kappa shape index (κ3) is 3.79. The first-order valence-electron chi connectivity index (χ1n) is 6.99. The number of nitrogens with zero attached hydrogens (tertiary/aromatic N) is 3. The predicted molar refractivity (Wildman–Crippen MR) is 76.6 cm³/mol. The molecule has 0 bridgehead atoms. The maximum atomic E-state index is 11.7. The van der Waals surface area contributed by atoms with E-state index in [1.807, 2.05) is 31.7 Å². The SMILES string of the molecule is CC=CC(=O)N1CCC(Oc2cc(C)nc(C)n2)CC1. The van der Waals surface area contributed by atoms with Crippen LogP contribution < -0.4 is 4.74 Å². The van der Waals surface area contributed by atoms with Crippen molar-refractivity contribution in [3.05, 3.63) is 29.7 Å². The van der Waals surface area contributed by atoms with Crippen molar-refractivity contribution in [2.45, 2.75) is 39.7 Å². The van der Waals surface area contributed by atoms with E-state index in [4.69, 9.17) is 4.74 Å². The number of ether oxygens (including phenoxy) is 1. The van der Waals surface area contributed by atoms with Gasteiger partial charge in [-0.1, -0.05) is 6.08 Å². The highest BCUT2D eigenvalue weighted by Crippen LogP contribution is 2.18. The summed E-state index contributed by atoms with van der Waals surface area (Å²) in [5, 5.41) is 0. The molecule has 0 atom stereocenters. The quantitative estimate of drug-likeness (QED) is 0.792. The van der Waals surface area contributed by atoms with E-state index in [9.17, 15) is 4.79 Å². The molecule has 1 amide bonds. The van der Waals surface area contributed by atoms with Gasteiger partial charge in [-0.25, -0.2) is 4.98 Å². The van der Waals surface area contributed by atoms with E-state index in [1.165, 1.54) is 0 Å². The summed E-state index contributed by atoms with van der Waals surface area (Å²) < 4.78 is 5.90. The molecule has 0 radical (unpaired) electrons. The zero-order valence-electron chi connectivity index (χ0n) is 12.3. The molecule has 5 nitrogen and oxygen atoms in total. The van der Waals surface area contributed by atoms with Crippen molar-refractivity contribution in [1.29, 1.82) is 0 Å². The predicted octanol–water partition coefficient (Wildman–Crippen LogP) is 2.04. The Labute approximate surface area is 119 Å². The minimum Gasteiger partial charge on any atom is -0.474 e. The fourth-order valence-corrected chi connectivity index (χ4v) is 2.36. The Morgan fingerprint density at radius 2 is 2.05 bits per heavy atom. The summed E-state index contributed by atoms with van der Waals surface area (Å²) in [5.74, 6) is 1.44. The average Bonchev–Trinajstić information content (AvgIpc) is 2.38. The maximum absolute atomic E-state index is 11.7. The molecule has 1 aromatic heterocycles. The first-order valence-corrected chi connectivity index (χ1v) is 6.99. The Morgan fingerprint density at radius 1 is 1.35 bits per heavy atom. The monoisotopic (exact) mass is 275 g/mol. The first kappa shape index (κ1) is 14.5. The Morgan fingerprint density at radius 3 is 2.65 bits per heavy atom. The van der Waals surface area contributed by atoms with Crippen molar-refractivity contribution in [2.75, 3.05) is 13.1 Å². The third-order valence-corrected chi connectivity index (χ3v) is 3.29. The molecule has 1 aromatic rings. The molecule has 0 saturated carbocycles. The number of likely N-dealkylation sites (tertiary alicyclic amines) is 1. The van der Waals surface area contributed by atoms with Gasteiger partial charge in [0.1, 0.15) is 11.9 Å². The van der Waals surface area contributed by atoms with Crippen LogP contribution in [0, 0.1) is 13.8 Å². The summed E-state index contributed by atoms with van der Waals surface area (Å²) >= 11 is 0. The lowest BCUT2D eigenvalue weighted by molar-refractivity contribution is -0.127. The van der Waals surface area contributed by atoms with E-state index in [0.717, 1.165) is 37.4 Å². The standard InChI is InChI=1S/C15H21N3O2/c1-4-5-15(19)18-8-6-13(7-9-18)20-14-10-11(2)16-12(3)17-14/h4-5,10,13H,6-9H2,1-3H3. The number of allylic oxidation sites excluding steroid dienone is 1. The Bertz CT molecular complexity index is 486. The molecular weight excluding hydrogens is 254 g/mol. The summed E-state index contributed by atoms with van der Waals surface area (Å²) in [6.07, 6.45) is 5.19. The van der Waals surface area contributed by atoms with E-state index in [0.29, 0.717) is 5.88 Å². The molecule has 2 heterocycles. The van der Waals surface area contributed by atoms with Crippen molar-refractivity contribution < 1.29 is 9.53 Å². The number of carbonyl (C=O) groups excluding carboxylic acids is 1. The van der Waals surface area contributed by atoms with Crippen molar-refractivity contribution in [1.82, 2.24) is 14.9 Å². The summed E-state index contributed by atoms with van der Waals surface area (Å²) in [6.45, 7) is 7.11. The minimum atomic E-state index is 0.0830. The lowest BCUT2D eigenvalue weighted by Crippen LogP contribution is -2.41. The van der Waals surface area contributed by atoms with Gasteiger partial charge in [0.2, 0.25) is 11.8 Å². The van der Waals surface area contributed by atoms with Gasteiger partial charge in [0, 0.05) is 37.7 Å². The molecule has 1 fully saturated rings. The van der Waals surface area contributed by atoms with Crippen LogP contribution in [0.25, 0.3) is 0 Å². The number of carbonyl (C=O) groups is 1. The molecule has 5 heteroatoms. The van der Waals surface area contributed by atoms with E-state index < -0.39 is 0 Å². The van der Waals surface area contributed by atoms with Crippen LogP contribution in [0.3, 0.4) is 0 Å². The first-order chi connectivity index (χ1) is 9.58. The Hall–Kier alpha value is -1.91. The smallest absolute Gasteiger partial charge is 0.246 e. The van der Waals surface area contributed by atoms with Crippen LogP contribution in [-0.2, 0) is 4.79 Å². The van der Waals surface area contributed by atoms with Crippen LogP contribution in [0.2, 0.25) is 0 Å². The van der Waals surface area contributed by atoms with Gasteiger partial charge in [0.15, 0.2) is 0 Å². The average molecular weight is 275 g/mol. The molecular formula is C15H21N3O2. The van der Waals surface area contributed by atoms with Crippen molar-refractivity contribution in [2.24, 2.45) is 0 Å². The lowest BCUT2D eigenvalue weighted by Gasteiger charge is -2.31. The highest BCUT2D eigenvalue weighted by atomic mass is 16.5. The van der Waals surface area contributed by atoms with E-state index in [-0.39, 0.29) is 12.0 Å². The van der Waals surface area contributed by atoms with Crippen molar-refractivity contribution >= 4 is 5.91 Å². The second kappa shape index (κ2) is 6.50. The fourth-order valence-electron chi connectivity index (χ4n) is 2.36. The summed E-state index contributed by atoms with van der Waals surface area (Å²) in [7, 11) is 0. The van der Waals surface area contributed by atoms with Gasteiger partial charge in [-0.15, -0.1) is 0 Å². The molecule has 1 aliphatic heterocycles. The molecule has 2 rings (SSSR count). The van der Waals surface area contributed by atoms with Crippen molar-refractivity contribution in [3.63, 3.8) is 0 Å². The Balaban J connectivity index is 1.89. The molecule has 108 valence electrons. The van der Waals surface area contributed by atoms with Gasteiger partial charge in [0.25, 0.3) is 0 Å². The molecule has 20 heavy (non-hydrogen) atoms. The van der Waals surface area contributed by atoms with Gasteiger partial charge in [0.05, 0.1) is 0 Å². The number of hydrogen-bond donors (Lipinski definition) is 0. The number of piperidine rings is 1. The lowest BCUT2D eigenvalue weighted by atomic mass is 10.1. The van der Waals surface area contributed by atoms with Crippen LogP contribution in [0.4, 0.5) is 0 Å². The van der Waals surface area contributed by atoms with Crippen LogP contribution >= 0.6 is 0 Å². The maximum Gasteiger partial charge on any atom is 0.246 e. The highest BCUT2D eigenvalue weighted by Gasteiger charge is 2.23. The number of rotatable bonds is 3. The number of amides is 1. The second-order valence-corrected chi connectivity index (χ2v) is 5.04. The van der Waals surface area contributed by atoms with Gasteiger partial charge in [-0.2, -0.15) is 4.98 Å². The second-order valence-electron chi connectivity index (χ2n) is 5.04. The molecule has 0 spiro atoms. The zero-order valence-corrected chi connectivity index (χ0v) is 12.3. The summed E-state index contributed by atoms with van der Waals surface area (Å²) in [6, 6.07) is 1.85. The van der Waals surface area contributed by atoms with E-state index in [2.05, 4.69) is 9.97 Å². The minimum absolute atomic E-state index is 0.0830. The topological polar surface area (TPSA) is 55.3 Å². The molecule has 1 aliphatic rings. The molecule has 1 saturated heterocycles. The third-order valence-electron chi connectivity index (χ3n) is 3.29. The summed E-state index contributed by atoms with van der Waals surface area (Å²) in [5.41, 5.74) is 0.910. The normalized spacial score (nSPS) is 16.6. The van der Waals surface area contributed by atoms with E-state index >= 15 is 0 Å². The number of aromatic nitrogens is 2. The van der Waals surface area contributed by atoms with Crippen LogP contribution in [0.1, 0.15) is 31.3 Å². The highest BCUT2D eigenvalue weighted by molar-refractivity contribution is 5.87. The van der Waals surface area contributed by atoms with Gasteiger partial charge in [-0.3, -0.25) is 4.79 Å². The van der Waals surface area contributed by atoms with Crippen LogP contribution in [0.5, 0.6) is 5.88 Å². The van der Waals surface area contributed by atoms with Crippen LogP contribution in [-0.4, -0.2) is 40.0 Å². The van der Waals surface area contributed by atoms with Crippen LogP contribution in [0.15, 0.2) is 18.2 Å². The van der Waals surface area contributed by atoms with Gasteiger partial charge >= 0.3 is 0 Å². The molecule has 0 unspecified atom stereocenters. The largest absolute Gasteiger partial charge is 0.474 e. The summed E-state index contributed by atoms with van der Waals surface area (Å²) in [4.78, 5) is 22.1.